The number of nitrogens with two attached hydrogens (primary N) is 1. The molecular formula is C15H26Cl2N8O. The van der Waals surface area contributed by atoms with Crippen LogP contribution in [0.1, 0.15) is 23.5 Å². The molecule has 2 aromatic heterocycles. The molecule has 0 saturated heterocycles. The Kier molecular flexibility index (Phi) is 9.57. The zero-order valence-electron chi connectivity index (χ0n) is 14.8. The highest BCUT2D eigenvalue weighted by molar-refractivity contribution is 5.85. The molecule has 4 N–H and O–H groups in total. The fourth-order valence-electron chi connectivity index (χ4n) is 2.85. The minimum absolute atomic E-state index is 0. The van der Waals surface area contributed by atoms with Gasteiger partial charge in [0.2, 0.25) is 5.95 Å². The molecule has 0 aliphatic carbocycles. The van der Waals surface area contributed by atoms with Gasteiger partial charge in [-0.15, -0.1) is 35.0 Å². The van der Waals surface area contributed by atoms with Crippen molar-refractivity contribution in [3.05, 3.63) is 23.4 Å². The van der Waals surface area contributed by atoms with Gasteiger partial charge in [-0.1, -0.05) is 0 Å². The van der Waals surface area contributed by atoms with Crippen LogP contribution in [0.2, 0.25) is 0 Å². The third-order valence-electron chi connectivity index (χ3n) is 4.06. The van der Waals surface area contributed by atoms with E-state index in [9.17, 15) is 0 Å². The number of anilines is 2. The maximum absolute atomic E-state index is 5.86. The molecule has 2 aromatic rings. The second-order valence-corrected chi connectivity index (χ2v) is 5.75. The first kappa shape index (κ1) is 22.4. The Morgan fingerprint density at radius 2 is 2.08 bits per heavy atom. The maximum atomic E-state index is 5.86. The average Bonchev–Trinajstić information content (AvgIpc) is 2.88. The van der Waals surface area contributed by atoms with Crippen molar-refractivity contribution in [2.75, 3.05) is 37.9 Å². The van der Waals surface area contributed by atoms with Gasteiger partial charge in [-0.3, -0.25) is 0 Å². The van der Waals surface area contributed by atoms with Gasteiger partial charge in [0.05, 0.1) is 12.2 Å². The Hall–Kier alpha value is -1.68. The molecule has 0 bridgehead atoms. The van der Waals surface area contributed by atoms with Crippen LogP contribution < -0.4 is 16.4 Å². The number of nitrogens with zero attached hydrogens (tertiary/aromatic N) is 5. The lowest BCUT2D eigenvalue weighted by Crippen LogP contribution is -2.16. The van der Waals surface area contributed by atoms with Crippen LogP contribution in [0.4, 0.5) is 11.8 Å². The first-order valence-electron chi connectivity index (χ1n) is 8.23. The molecule has 1 aliphatic heterocycles. The van der Waals surface area contributed by atoms with E-state index in [0.717, 1.165) is 61.8 Å². The van der Waals surface area contributed by atoms with Crippen molar-refractivity contribution < 1.29 is 4.74 Å². The van der Waals surface area contributed by atoms with Gasteiger partial charge >= 0.3 is 0 Å². The van der Waals surface area contributed by atoms with Crippen molar-refractivity contribution in [2.45, 2.75) is 32.4 Å². The van der Waals surface area contributed by atoms with Crippen LogP contribution in [0.25, 0.3) is 0 Å². The van der Waals surface area contributed by atoms with Gasteiger partial charge in [0.25, 0.3) is 0 Å². The van der Waals surface area contributed by atoms with Crippen LogP contribution in [-0.4, -0.2) is 51.5 Å². The van der Waals surface area contributed by atoms with E-state index in [-0.39, 0.29) is 24.8 Å². The number of methoxy groups -OCH3 is 1. The second kappa shape index (κ2) is 11.1. The number of fused-ring (bicyclic) bond motifs is 1. The van der Waals surface area contributed by atoms with E-state index >= 15 is 0 Å². The molecule has 0 aromatic carbocycles. The number of nitrogens with one attached hydrogen (secondary N) is 2. The second-order valence-electron chi connectivity index (χ2n) is 5.75. The molecular weight excluding hydrogens is 379 g/mol. The van der Waals surface area contributed by atoms with E-state index in [1.807, 2.05) is 4.57 Å². The smallest absolute Gasteiger partial charge is 0.222 e. The van der Waals surface area contributed by atoms with Crippen molar-refractivity contribution in [3.8, 4) is 0 Å². The van der Waals surface area contributed by atoms with E-state index in [0.29, 0.717) is 19.1 Å². The summed E-state index contributed by atoms with van der Waals surface area (Å²) in [6, 6.07) is 0. The Bertz CT molecular complexity index is 682. The zero-order valence-corrected chi connectivity index (χ0v) is 16.4. The van der Waals surface area contributed by atoms with E-state index < -0.39 is 0 Å². The van der Waals surface area contributed by atoms with Crippen molar-refractivity contribution >= 4 is 36.6 Å². The molecule has 9 nitrogen and oxygen atoms in total. The van der Waals surface area contributed by atoms with Gasteiger partial charge in [-0.25, -0.2) is 4.98 Å². The quantitative estimate of drug-likeness (QED) is 0.581. The normalized spacial score (nSPS) is 13.1. The number of ether oxygens (including phenoxy) is 1. The largest absolute Gasteiger partial charge is 0.385 e. The Morgan fingerprint density at radius 3 is 2.88 bits per heavy atom. The SMILES string of the molecule is COCCCn1cnnc1CNc1nc(N)nc2c1CCNCC2.Cl.Cl. The minimum atomic E-state index is 0. The molecule has 0 saturated carbocycles. The van der Waals surface area contributed by atoms with Gasteiger partial charge in [0.15, 0.2) is 5.82 Å². The van der Waals surface area contributed by atoms with Crippen molar-refractivity contribution in [2.24, 2.45) is 0 Å². The van der Waals surface area contributed by atoms with Gasteiger partial charge in [0.1, 0.15) is 12.1 Å². The molecule has 1 aliphatic rings. The number of aryl methyl sites for hydroxylation is 1. The molecule has 3 rings (SSSR count). The van der Waals surface area contributed by atoms with E-state index in [1.54, 1.807) is 13.4 Å². The Labute approximate surface area is 165 Å². The van der Waals surface area contributed by atoms with E-state index in [2.05, 4.69) is 30.8 Å². The van der Waals surface area contributed by atoms with E-state index in [4.69, 9.17) is 10.5 Å². The third-order valence-corrected chi connectivity index (χ3v) is 4.06. The summed E-state index contributed by atoms with van der Waals surface area (Å²) in [5.74, 6) is 1.97. The van der Waals surface area contributed by atoms with Crippen LogP contribution in [0.3, 0.4) is 0 Å². The summed E-state index contributed by atoms with van der Waals surface area (Å²) < 4.78 is 7.11. The van der Waals surface area contributed by atoms with Gasteiger partial charge in [-0.2, -0.15) is 4.98 Å². The number of aromatic nitrogens is 5. The van der Waals surface area contributed by atoms with Crippen LogP contribution in [-0.2, 0) is 30.7 Å². The minimum Gasteiger partial charge on any atom is -0.385 e. The van der Waals surface area contributed by atoms with Crippen LogP contribution in [0.5, 0.6) is 0 Å². The number of rotatable bonds is 7. The fourth-order valence-corrected chi connectivity index (χ4v) is 2.85. The fraction of sp³-hybridized carbons (Fsp3) is 0.600. The molecule has 0 fully saturated rings. The molecule has 0 spiro atoms. The molecule has 3 heterocycles. The van der Waals surface area contributed by atoms with Gasteiger partial charge in [-0.05, 0) is 19.4 Å². The average molecular weight is 405 g/mol. The number of nitrogen functional groups attached to an aromatic ring is 1. The number of hydrogen-bond donors (Lipinski definition) is 3. The van der Waals surface area contributed by atoms with Crippen molar-refractivity contribution in [3.63, 3.8) is 0 Å². The molecule has 11 heteroatoms. The van der Waals surface area contributed by atoms with E-state index in [1.165, 1.54) is 0 Å². The first-order chi connectivity index (χ1) is 11.8. The van der Waals surface area contributed by atoms with Crippen LogP contribution >= 0.6 is 24.8 Å². The van der Waals surface area contributed by atoms with Crippen molar-refractivity contribution in [1.82, 2.24) is 30.0 Å². The summed E-state index contributed by atoms with van der Waals surface area (Å²) in [7, 11) is 1.70. The van der Waals surface area contributed by atoms with Crippen LogP contribution in [0.15, 0.2) is 6.33 Å². The zero-order chi connectivity index (χ0) is 16.8. The Balaban J connectivity index is 0.00000169. The molecule has 0 unspecified atom stereocenters. The summed E-state index contributed by atoms with van der Waals surface area (Å²) >= 11 is 0. The standard InChI is InChI=1S/C15H24N8O.2ClH/c1-24-8-2-7-23-10-19-22-13(23)9-18-14-11-3-5-17-6-4-12(11)20-15(16)21-14;;/h10,17H,2-9H2,1H3,(H3,16,18,20,21);2*1H. The number of halogens is 2. The van der Waals surface area contributed by atoms with Crippen LogP contribution in [0, 0.1) is 0 Å². The Morgan fingerprint density at radius 1 is 1.27 bits per heavy atom. The molecule has 0 radical (unpaired) electrons. The number of hydrogen-bond acceptors (Lipinski definition) is 8. The highest BCUT2D eigenvalue weighted by Gasteiger charge is 2.16. The highest BCUT2D eigenvalue weighted by Crippen LogP contribution is 2.21. The summed E-state index contributed by atoms with van der Waals surface area (Å²) in [6.07, 6.45) is 4.41. The predicted molar refractivity (Wildman–Crippen MR) is 105 cm³/mol. The van der Waals surface area contributed by atoms with Gasteiger partial charge in [0, 0.05) is 38.8 Å². The topological polar surface area (TPSA) is 116 Å². The summed E-state index contributed by atoms with van der Waals surface area (Å²) in [5.41, 5.74) is 8.03. The monoisotopic (exact) mass is 404 g/mol. The summed E-state index contributed by atoms with van der Waals surface area (Å²) in [5, 5.41) is 14.9. The molecule has 0 amide bonds. The highest BCUT2D eigenvalue weighted by atomic mass is 35.5. The lowest BCUT2D eigenvalue weighted by atomic mass is 10.1. The molecule has 26 heavy (non-hydrogen) atoms. The third kappa shape index (κ3) is 5.66. The van der Waals surface area contributed by atoms with Crippen molar-refractivity contribution in [1.29, 1.82) is 0 Å². The molecule has 0 atom stereocenters. The molecule has 146 valence electrons. The lowest BCUT2D eigenvalue weighted by molar-refractivity contribution is 0.190. The first-order valence-corrected chi connectivity index (χ1v) is 8.23. The lowest BCUT2D eigenvalue weighted by Gasteiger charge is -2.13. The predicted octanol–water partition coefficient (Wildman–Crippen LogP) is 0.831. The maximum Gasteiger partial charge on any atom is 0.222 e. The summed E-state index contributed by atoms with van der Waals surface area (Å²) in [6.45, 7) is 3.92. The summed E-state index contributed by atoms with van der Waals surface area (Å²) in [4.78, 5) is 8.77. The van der Waals surface area contributed by atoms with Gasteiger partial charge < -0.3 is 25.7 Å².